The van der Waals surface area contributed by atoms with Gasteiger partial charge in [-0.25, -0.2) is 0 Å². The van der Waals surface area contributed by atoms with E-state index in [-0.39, 0.29) is 11.8 Å². The molecule has 1 aromatic rings. The number of amidine groups is 1. The van der Waals surface area contributed by atoms with E-state index in [0.29, 0.717) is 22.6 Å². The molecule has 23 heavy (non-hydrogen) atoms. The summed E-state index contributed by atoms with van der Waals surface area (Å²) in [6.45, 7) is 3.73. The van der Waals surface area contributed by atoms with Crippen LogP contribution in [0, 0.1) is 12.8 Å². The number of aromatic nitrogens is 2. The first-order chi connectivity index (χ1) is 11.0. The fraction of sp³-hybridized carbons (Fsp3) is 0.400. The zero-order valence-electron chi connectivity index (χ0n) is 13.4. The van der Waals surface area contributed by atoms with Crippen molar-refractivity contribution in [3.63, 3.8) is 0 Å². The molecule has 1 aliphatic carbocycles. The highest BCUT2D eigenvalue weighted by Gasteiger charge is 2.29. The van der Waals surface area contributed by atoms with Gasteiger partial charge in [0.2, 0.25) is 5.91 Å². The van der Waals surface area contributed by atoms with Gasteiger partial charge in [-0.2, -0.15) is 5.10 Å². The standard InChI is InChI=1S/C15H21ClN6O/c1-4-12(20-15(23)10-5-6-10)18-11(16)8-13(17-3)19-14-7-9(2)21-22-14/h4,7-8,10,18H,5-6H2,1-3H3,(H,20,23)(H2,17,19,21,22)/b11-8?,12-4+. The topological polar surface area (TPSA) is 94.2 Å². The number of aliphatic imine (C=N–C) groups is 1. The summed E-state index contributed by atoms with van der Waals surface area (Å²) in [6.07, 6.45) is 5.28. The fourth-order valence-corrected chi connectivity index (χ4v) is 2.02. The van der Waals surface area contributed by atoms with Gasteiger partial charge in [0.25, 0.3) is 0 Å². The van der Waals surface area contributed by atoms with Crippen molar-refractivity contribution in [1.29, 1.82) is 0 Å². The van der Waals surface area contributed by atoms with Crippen molar-refractivity contribution in [2.75, 3.05) is 12.4 Å². The van der Waals surface area contributed by atoms with E-state index in [1.165, 1.54) is 0 Å². The smallest absolute Gasteiger partial charge is 0.228 e. The minimum Gasteiger partial charge on any atom is -0.333 e. The third-order valence-electron chi connectivity index (χ3n) is 3.22. The van der Waals surface area contributed by atoms with Crippen molar-refractivity contribution in [2.24, 2.45) is 10.9 Å². The number of amides is 1. The maximum Gasteiger partial charge on any atom is 0.228 e. The molecule has 0 unspecified atom stereocenters. The lowest BCUT2D eigenvalue weighted by Crippen LogP contribution is -2.31. The normalized spacial score (nSPS) is 16.3. The molecule has 4 N–H and O–H groups in total. The molecule has 1 aromatic heterocycles. The number of halogens is 1. The van der Waals surface area contributed by atoms with E-state index >= 15 is 0 Å². The van der Waals surface area contributed by atoms with Gasteiger partial charge in [0, 0.05) is 30.8 Å². The molecule has 0 atom stereocenters. The lowest BCUT2D eigenvalue weighted by molar-refractivity contribution is -0.121. The van der Waals surface area contributed by atoms with Crippen molar-refractivity contribution in [1.82, 2.24) is 20.8 Å². The Bertz CT molecular complexity index is 657. The van der Waals surface area contributed by atoms with Crippen LogP contribution in [0.15, 0.2) is 34.2 Å². The molecule has 1 aliphatic rings. The first-order valence-electron chi connectivity index (χ1n) is 7.39. The first kappa shape index (κ1) is 17.1. The fourth-order valence-electron chi connectivity index (χ4n) is 1.81. The van der Waals surface area contributed by atoms with Gasteiger partial charge in [0.15, 0.2) is 5.82 Å². The minimum absolute atomic E-state index is 0.0181. The van der Waals surface area contributed by atoms with Gasteiger partial charge in [0.1, 0.15) is 16.8 Å². The van der Waals surface area contributed by atoms with E-state index in [1.54, 1.807) is 19.2 Å². The molecular weight excluding hydrogens is 316 g/mol. The summed E-state index contributed by atoms with van der Waals surface area (Å²) in [6, 6.07) is 1.85. The minimum atomic E-state index is 0.0181. The Labute approximate surface area is 140 Å². The first-order valence-corrected chi connectivity index (χ1v) is 7.77. The third kappa shape index (κ3) is 5.45. The number of rotatable bonds is 6. The number of nitrogens with zero attached hydrogens (tertiary/aromatic N) is 2. The molecule has 2 rings (SSSR count). The average molecular weight is 337 g/mol. The molecule has 7 nitrogen and oxygen atoms in total. The average Bonchev–Trinajstić information content (AvgIpc) is 3.29. The van der Waals surface area contributed by atoms with Crippen LogP contribution in [0.5, 0.6) is 0 Å². The monoisotopic (exact) mass is 336 g/mol. The van der Waals surface area contributed by atoms with Crippen LogP contribution < -0.4 is 16.0 Å². The van der Waals surface area contributed by atoms with Gasteiger partial charge in [-0.3, -0.25) is 14.9 Å². The molecule has 0 aromatic carbocycles. The molecule has 0 radical (unpaired) electrons. The maximum absolute atomic E-state index is 11.8. The van der Waals surface area contributed by atoms with Crippen molar-refractivity contribution in [3.8, 4) is 0 Å². The number of H-pyrrole nitrogens is 1. The molecule has 0 spiro atoms. The summed E-state index contributed by atoms with van der Waals surface area (Å²) >= 11 is 6.19. The highest BCUT2D eigenvalue weighted by molar-refractivity contribution is 6.31. The molecule has 1 saturated carbocycles. The van der Waals surface area contributed by atoms with E-state index in [1.807, 2.05) is 19.9 Å². The van der Waals surface area contributed by atoms with Crippen molar-refractivity contribution in [2.45, 2.75) is 26.7 Å². The second kappa shape index (κ2) is 7.82. The summed E-state index contributed by atoms with van der Waals surface area (Å²) in [7, 11) is 1.65. The van der Waals surface area contributed by atoms with E-state index < -0.39 is 0 Å². The Morgan fingerprint density at radius 2 is 2.22 bits per heavy atom. The van der Waals surface area contributed by atoms with Gasteiger partial charge in [-0.15, -0.1) is 0 Å². The van der Waals surface area contributed by atoms with Crippen LogP contribution in [0.1, 0.15) is 25.5 Å². The Balaban J connectivity index is 1.94. The number of nitrogens with one attached hydrogen (secondary N) is 4. The number of hydrogen-bond acceptors (Lipinski definition) is 4. The van der Waals surface area contributed by atoms with Crippen molar-refractivity contribution >= 4 is 29.2 Å². The summed E-state index contributed by atoms with van der Waals surface area (Å²) in [5.74, 6) is 1.89. The molecular formula is C15H21ClN6O. The van der Waals surface area contributed by atoms with E-state index in [2.05, 4.69) is 31.1 Å². The number of aromatic amines is 1. The number of anilines is 1. The van der Waals surface area contributed by atoms with Crippen LogP contribution in [0.2, 0.25) is 0 Å². The Hall–Kier alpha value is -2.28. The van der Waals surface area contributed by atoms with Gasteiger partial charge >= 0.3 is 0 Å². The van der Waals surface area contributed by atoms with Gasteiger partial charge in [-0.1, -0.05) is 11.6 Å². The molecule has 0 bridgehead atoms. The van der Waals surface area contributed by atoms with Crippen molar-refractivity contribution < 1.29 is 4.79 Å². The van der Waals surface area contributed by atoms with Crippen LogP contribution in [0.3, 0.4) is 0 Å². The summed E-state index contributed by atoms with van der Waals surface area (Å²) in [5, 5.41) is 16.0. The largest absolute Gasteiger partial charge is 0.333 e. The van der Waals surface area contributed by atoms with E-state index in [0.717, 1.165) is 18.5 Å². The second-order valence-electron chi connectivity index (χ2n) is 5.25. The molecule has 124 valence electrons. The molecule has 1 heterocycles. The molecule has 0 aliphatic heterocycles. The number of allylic oxidation sites excluding steroid dienone is 1. The van der Waals surface area contributed by atoms with Gasteiger partial charge in [0.05, 0.1) is 0 Å². The maximum atomic E-state index is 11.8. The van der Waals surface area contributed by atoms with E-state index in [9.17, 15) is 4.79 Å². The van der Waals surface area contributed by atoms with Crippen LogP contribution >= 0.6 is 11.6 Å². The predicted octanol–water partition coefficient (Wildman–Crippen LogP) is 2.22. The zero-order chi connectivity index (χ0) is 16.8. The third-order valence-corrected chi connectivity index (χ3v) is 3.42. The Kier molecular flexibility index (Phi) is 5.81. The summed E-state index contributed by atoms with van der Waals surface area (Å²) in [5.41, 5.74) is 0.940. The highest BCUT2D eigenvalue weighted by atomic mass is 35.5. The number of hydrogen-bond donors (Lipinski definition) is 4. The van der Waals surface area contributed by atoms with Crippen LogP contribution in [0.25, 0.3) is 0 Å². The van der Waals surface area contributed by atoms with Gasteiger partial charge in [-0.05, 0) is 32.8 Å². The summed E-state index contributed by atoms with van der Waals surface area (Å²) < 4.78 is 0. The second-order valence-corrected chi connectivity index (χ2v) is 5.66. The zero-order valence-corrected chi connectivity index (χ0v) is 14.2. The lowest BCUT2D eigenvalue weighted by atomic mass is 10.4. The molecule has 1 fully saturated rings. The molecule has 1 amide bonds. The van der Waals surface area contributed by atoms with Crippen molar-refractivity contribution in [3.05, 3.63) is 34.9 Å². The predicted molar refractivity (Wildman–Crippen MR) is 92.0 cm³/mol. The molecule has 0 saturated heterocycles. The Morgan fingerprint density at radius 3 is 2.74 bits per heavy atom. The molecule has 8 heteroatoms. The Morgan fingerprint density at radius 1 is 1.48 bits per heavy atom. The number of carbonyl (C=O) groups excluding carboxylic acids is 1. The van der Waals surface area contributed by atoms with Crippen LogP contribution in [-0.4, -0.2) is 29.0 Å². The van der Waals surface area contributed by atoms with Crippen LogP contribution in [-0.2, 0) is 4.79 Å². The van der Waals surface area contributed by atoms with E-state index in [4.69, 9.17) is 11.6 Å². The van der Waals surface area contributed by atoms with Gasteiger partial charge < -0.3 is 16.0 Å². The van der Waals surface area contributed by atoms with Crippen LogP contribution in [0.4, 0.5) is 5.82 Å². The SMILES string of the molecule is C/C=C(/NC(=O)C1CC1)NC(Cl)=CC(=NC)Nc1cc(C)[nH]n1. The quantitative estimate of drug-likeness (QED) is 0.364. The number of carbonyl (C=O) groups is 1. The highest BCUT2D eigenvalue weighted by Crippen LogP contribution is 2.28. The summed E-state index contributed by atoms with van der Waals surface area (Å²) in [4.78, 5) is 15.9. The number of aryl methyl sites for hydroxylation is 1. The lowest BCUT2D eigenvalue weighted by Gasteiger charge is -2.11.